The Kier molecular flexibility index (Phi) is 9.94. The molecule has 0 heterocycles. The summed E-state index contributed by atoms with van der Waals surface area (Å²) in [5.41, 5.74) is 1.92. The van der Waals surface area contributed by atoms with Crippen LogP contribution in [0.5, 0.6) is 0 Å². The Balaban J connectivity index is 2.40. The number of nitrogens with zero attached hydrogens (tertiary/aromatic N) is 2. The smallest absolute Gasteiger partial charge is 0.244 e. The SMILES string of the molecule is CC[C@@H](C(=O)NC(C)C)N(CCc1ccccc1)C(=O)CN(c1cccc(Cl)c1C)S(C)(=O)=O. The summed E-state index contributed by atoms with van der Waals surface area (Å²) in [5.74, 6) is -0.713. The number of rotatable bonds is 11. The molecule has 0 aromatic heterocycles. The maximum Gasteiger partial charge on any atom is 0.244 e. The second-order valence-corrected chi connectivity index (χ2v) is 10.9. The van der Waals surface area contributed by atoms with Gasteiger partial charge in [0.1, 0.15) is 12.6 Å². The Bertz CT molecular complexity index is 1090. The lowest BCUT2D eigenvalue weighted by molar-refractivity contribution is -0.139. The molecule has 2 aromatic rings. The molecule has 0 aliphatic carbocycles. The van der Waals surface area contributed by atoms with Crippen molar-refractivity contribution in [3.05, 3.63) is 64.7 Å². The van der Waals surface area contributed by atoms with Gasteiger partial charge in [-0.2, -0.15) is 0 Å². The fourth-order valence-electron chi connectivity index (χ4n) is 3.74. The molecular formula is C25H34ClN3O4S. The Morgan fingerprint density at radius 1 is 1.06 bits per heavy atom. The van der Waals surface area contributed by atoms with Crippen molar-refractivity contribution in [3.8, 4) is 0 Å². The molecular weight excluding hydrogens is 474 g/mol. The zero-order valence-corrected chi connectivity index (χ0v) is 22.0. The van der Waals surface area contributed by atoms with E-state index in [1.807, 2.05) is 51.1 Å². The van der Waals surface area contributed by atoms with Crippen molar-refractivity contribution in [2.45, 2.75) is 52.6 Å². The number of carbonyl (C=O) groups excluding carboxylic acids is 2. The number of hydrogen-bond acceptors (Lipinski definition) is 4. The molecule has 0 aliphatic rings. The quantitative estimate of drug-likeness (QED) is 0.501. The third kappa shape index (κ3) is 7.46. The van der Waals surface area contributed by atoms with Gasteiger partial charge in [-0.15, -0.1) is 0 Å². The average molecular weight is 508 g/mol. The zero-order chi connectivity index (χ0) is 25.5. The van der Waals surface area contributed by atoms with Gasteiger partial charge in [-0.3, -0.25) is 13.9 Å². The van der Waals surface area contributed by atoms with Crippen LogP contribution in [0.4, 0.5) is 5.69 Å². The van der Waals surface area contributed by atoms with Gasteiger partial charge in [0.25, 0.3) is 0 Å². The maximum atomic E-state index is 13.6. The van der Waals surface area contributed by atoms with Crippen molar-refractivity contribution in [3.63, 3.8) is 0 Å². The predicted molar refractivity (Wildman–Crippen MR) is 138 cm³/mol. The number of sulfonamides is 1. The molecule has 0 unspecified atom stereocenters. The summed E-state index contributed by atoms with van der Waals surface area (Å²) in [5, 5.41) is 3.28. The highest BCUT2D eigenvalue weighted by Gasteiger charge is 2.32. The first-order valence-electron chi connectivity index (χ1n) is 11.3. The molecule has 7 nitrogen and oxygen atoms in total. The largest absolute Gasteiger partial charge is 0.352 e. The van der Waals surface area contributed by atoms with Crippen molar-refractivity contribution in [1.29, 1.82) is 0 Å². The van der Waals surface area contributed by atoms with Crippen LogP contribution in [-0.2, 0) is 26.0 Å². The number of benzene rings is 2. The predicted octanol–water partition coefficient (Wildman–Crippen LogP) is 3.79. The Morgan fingerprint density at radius 3 is 2.26 bits per heavy atom. The normalized spacial score (nSPS) is 12.3. The van der Waals surface area contributed by atoms with Crippen LogP contribution in [0.1, 0.15) is 38.3 Å². The second-order valence-electron chi connectivity index (χ2n) is 8.56. The summed E-state index contributed by atoms with van der Waals surface area (Å²) >= 11 is 6.22. The number of carbonyl (C=O) groups is 2. The van der Waals surface area contributed by atoms with Gasteiger partial charge < -0.3 is 10.2 Å². The fraction of sp³-hybridized carbons (Fsp3) is 0.440. The number of nitrogens with one attached hydrogen (secondary N) is 1. The van der Waals surface area contributed by atoms with Gasteiger partial charge in [-0.1, -0.05) is 54.9 Å². The maximum absolute atomic E-state index is 13.6. The highest BCUT2D eigenvalue weighted by Crippen LogP contribution is 2.28. The monoisotopic (exact) mass is 507 g/mol. The van der Waals surface area contributed by atoms with Gasteiger partial charge in [0, 0.05) is 17.6 Å². The molecule has 0 radical (unpaired) electrons. The molecule has 2 rings (SSSR count). The van der Waals surface area contributed by atoms with Crippen molar-refractivity contribution < 1.29 is 18.0 Å². The van der Waals surface area contributed by atoms with E-state index in [1.165, 1.54) is 4.90 Å². The van der Waals surface area contributed by atoms with Gasteiger partial charge in [0.2, 0.25) is 21.8 Å². The number of hydrogen-bond donors (Lipinski definition) is 1. The van der Waals surface area contributed by atoms with E-state index in [0.717, 1.165) is 16.1 Å². The van der Waals surface area contributed by atoms with Crippen LogP contribution in [-0.4, -0.2) is 56.6 Å². The summed E-state index contributed by atoms with van der Waals surface area (Å²) in [6, 6.07) is 13.8. The molecule has 2 aromatic carbocycles. The standard InChI is InChI=1S/C25H34ClN3O4S/c1-6-22(25(31)27-18(2)3)28(16-15-20-11-8-7-9-12-20)24(30)17-29(34(5,32)33)23-14-10-13-21(26)19(23)4/h7-14,18,22H,6,15-17H2,1-5H3,(H,27,31)/t22-/m0/s1. The van der Waals surface area contributed by atoms with E-state index in [9.17, 15) is 18.0 Å². The molecule has 0 aliphatic heterocycles. The minimum absolute atomic E-state index is 0.0887. The van der Waals surface area contributed by atoms with E-state index in [2.05, 4.69) is 5.32 Å². The van der Waals surface area contributed by atoms with Crippen molar-refractivity contribution in [2.75, 3.05) is 23.7 Å². The van der Waals surface area contributed by atoms with Crippen molar-refractivity contribution in [2.24, 2.45) is 0 Å². The third-order valence-electron chi connectivity index (χ3n) is 5.49. The fourth-order valence-corrected chi connectivity index (χ4v) is 4.81. The van der Waals surface area contributed by atoms with E-state index in [-0.39, 0.29) is 18.5 Å². The van der Waals surface area contributed by atoms with Crippen LogP contribution in [0.2, 0.25) is 5.02 Å². The van der Waals surface area contributed by atoms with E-state index < -0.39 is 28.5 Å². The van der Waals surface area contributed by atoms with Crippen LogP contribution in [0.3, 0.4) is 0 Å². The van der Waals surface area contributed by atoms with Crippen LogP contribution in [0, 0.1) is 6.92 Å². The molecule has 2 amide bonds. The molecule has 0 fully saturated rings. The van der Waals surface area contributed by atoms with Crippen molar-refractivity contribution in [1.82, 2.24) is 10.2 Å². The van der Waals surface area contributed by atoms with Crippen LogP contribution < -0.4 is 9.62 Å². The summed E-state index contributed by atoms with van der Waals surface area (Å²) in [6.45, 7) is 7.10. The molecule has 0 bridgehead atoms. The van der Waals surface area contributed by atoms with E-state index >= 15 is 0 Å². The highest BCUT2D eigenvalue weighted by atomic mass is 35.5. The minimum atomic E-state index is -3.80. The highest BCUT2D eigenvalue weighted by molar-refractivity contribution is 7.92. The summed E-state index contributed by atoms with van der Waals surface area (Å²) < 4.78 is 26.4. The third-order valence-corrected chi connectivity index (χ3v) is 7.02. The average Bonchev–Trinajstić information content (AvgIpc) is 2.76. The minimum Gasteiger partial charge on any atom is -0.352 e. The first-order chi connectivity index (χ1) is 16.0. The Labute approximate surface area is 208 Å². The summed E-state index contributed by atoms with van der Waals surface area (Å²) in [4.78, 5) is 28.0. The topological polar surface area (TPSA) is 86.8 Å². The first kappa shape index (κ1) is 27.7. The van der Waals surface area contributed by atoms with Gasteiger partial charge in [-0.25, -0.2) is 8.42 Å². The number of halogens is 1. The van der Waals surface area contributed by atoms with Crippen LogP contribution >= 0.6 is 11.6 Å². The van der Waals surface area contributed by atoms with E-state index in [1.54, 1.807) is 25.1 Å². The molecule has 0 spiro atoms. The van der Waals surface area contributed by atoms with Gasteiger partial charge in [0.05, 0.1) is 11.9 Å². The molecule has 0 saturated heterocycles. The first-order valence-corrected chi connectivity index (χ1v) is 13.5. The summed E-state index contributed by atoms with van der Waals surface area (Å²) in [6.07, 6.45) is 1.99. The lowest BCUT2D eigenvalue weighted by Gasteiger charge is -2.33. The number of anilines is 1. The zero-order valence-electron chi connectivity index (χ0n) is 20.4. The molecule has 9 heteroatoms. The number of amides is 2. The molecule has 34 heavy (non-hydrogen) atoms. The van der Waals surface area contributed by atoms with Gasteiger partial charge >= 0.3 is 0 Å². The van der Waals surface area contributed by atoms with E-state index in [0.29, 0.717) is 29.1 Å². The van der Waals surface area contributed by atoms with Crippen molar-refractivity contribution >= 4 is 39.1 Å². The Morgan fingerprint density at radius 2 is 1.71 bits per heavy atom. The molecule has 1 N–H and O–H groups in total. The van der Waals surface area contributed by atoms with E-state index in [4.69, 9.17) is 11.6 Å². The molecule has 0 saturated carbocycles. The van der Waals surface area contributed by atoms with Crippen LogP contribution in [0.15, 0.2) is 48.5 Å². The summed E-state index contributed by atoms with van der Waals surface area (Å²) in [7, 11) is -3.80. The van der Waals surface area contributed by atoms with Gasteiger partial charge in [0.15, 0.2) is 0 Å². The van der Waals surface area contributed by atoms with Crippen LogP contribution in [0.25, 0.3) is 0 Å². The molecule has 186 valence electrons. The van der Waals surface area contributed by atoms with Gasteiger partial charge in [-0.05, 0) is 56.9 Å². The molecule has 1 atom stereocenters. The lowest BCUT2D eigenvalue weighted by atomic mass is 10.1. The lowest BCUT2D eigenvalue weighted by Crippen LogP contribution is -2.54. The second kappa shape index (κ2) is 12.2. The Hall–Kier alpha value is -2.58.